The van der Waals surface area contributed by atoms with E-state index in [1.54, 1.807) is 19.1 Å². The second-order valence-electron chi connectivity index (χ2n) is 3.41. The molecule has 16 heavy (non-hydrogen) atoms. The van der Waals surface area contributed by atoms with Gasteiger partial charge in [-0.2, -0.15) is 0 Å². The van der Waals surface area contributed by atoms with Crippen LogP contribution in [0.1, 0.15) is 17.2 Å². The summed E-state index contributed by atoms with van der Waals surface area (Å²) in [5.41, 5.74) is 1.28. The van der Waals surface area contributed by atoms with Gasteiger partial charge in [0.15, 0.2) is 6.10 Å². The monoisotopic (exact) mass is 288 g/mol. The Morgan fingerprint density at radius 3 is 2.62 bits per heavy atom. The van der Waals surface area contributed by atoms with Crippen molar-refractivity contribution in [2.75, 3.05) is 7.11 Å². The highest BCUT2D eigenvalue weighted by atomic mass is 79.9. The molecule has 0 spiro atoms. The topological polar surface area (TPSA) is 66.8 Å². The minimum absolute atomic E-state index is 0.493. The van der Waals surface area contributed by atoms with Crippen molar-refractivity contribution in [2.24, 2.45) is 0 Å². The first-order valence-electron chi connectivity index (χ1n) is 4.67. The molecule has 0 aliphatic carbocycles. The zero-order chi connectivity index (χ0) is 12.3. The van der Waals surface area contributed by atoms with Gasteiger partial charge in [0.05, 0.1) is 7.11 Å². The molecule has 0 radical (unpaired) electrons. The summed E-state index contributed by atoms with van der Waals surface area (Å²) in [5, 5.41) is 19.3. The fourth-order valence-electron chi connectivity index (χ4n) is 1.35. The van der Waals surface area contributed by atoms with Gasteiger partial charge in [0.25, 0.3) is 0 Å². The minimum atomic E-state index is -1.57. The summed E-state index contributed by atoms with van der Waals surface area (Å²) in [7, 11) is 1.16. The molecule has 0 amide bonds. The Kier molecular flexibility index (Phi) is 4.46. The summed E-state index contributed by atoms with van der Waals surface area (Å²) in [5.74, 6) is -0.855. The van der Waals surface area contributed by atoms with E-state index in [9.17, 15) is 15.0 Å². The summed E-state index contributed by atoms with van der Waals surface area (Å²) in [6.45, 7) is 1.79. The van der Waals surface area contributed by atoms with Crippen molar-refractivity contribution in [3.05, 3.63) is 33.8 Å². The molecular weight excluding hydrogens is 276 g/mol. The van der Waals surface area contributed by atoms with Crippen LogP contribution in [0.4, 0.5) is 0 Å². The maximum absolute atomic E-state index is 11.1. The van der Waals surface area contributed by atoms with Crippen LogP contribution in [0.5, 0.6) is 0 Å². The average molecular weight is 289 g/mol. The molecule has 2 unspecified atom stereocenters. The van der Waals surface area contributed by atoms with Gasteiger partial charge in [-0.3, -0.25) is 0 Å². The van der Waals surface area contributed by atoms with Crippen molar-refractivity contribution in [1.82, 2.24) is 0 Å². The molecule has 0 heterocycles. The second kappa shape index (κ2) is 5.43. The second-order valence-corrected chi connectivity index (χ2v) is 4.33. The molecule has 0 aliphatic rings. The van der Waals surface area contributed by atoms with Crippen LogP contribution < -0.4 is 0 Å². The number of carbonyl (C=O) groups excluding carboxylic acids is 1. The zero-order valence-electron chi connectivity index (χ0n) is 8.98. The molecule has 2 N–H and O–H groups in total. The number of ether oxygens (including phenoxy) is 1. The zero-order valence-corrected chi connectivity index (χ0v) is 10.6. The van der Waals surface area contributed by atoms with Gasteiger partial charge in [-0.15, -0.1) is 0 Å². The van der Waals surface area contributed by atoms with Crippen LogP contribution in [0, 0.1) is 6.92 Å². The first kappa shape index (κ1) is 13.2. The summed E-state index contributed by atoms with van der Waals surface area (Å²) in [6.07, 6.45) is -2.86. The Morgan fingerprint density at radius 2 is 2.06 bits per heavy atom. The van der Waals surface area contributed by atoms with Crippen molar-refractivity contribution in [1.29, 1.82) is 0 Å². The van der Waals surface area contributed by atoms with E-state index in [0.717, 1.165) is 17.1 Å². The predicted molar refractivity (Wildman–Crippen MR) is 61.9 cm³/mol. The van der Waals surface area contributed by atoms with Gasteiger partial charge in [-0.1, -0.05) is 22.0 Å². The number of methoxy groups -OCH3 is 1. The maximum Gasteiger partial charge on any atom is 0.337 e. The normalized spacial score (nSPS) is 14.3. The lowest BCUT2D eigenvalue weighted by Crippen LogP contribution is -2.29. The molecule has 0 fully saturated rings. The fraction of sp³-hybridized carbons (Fsp3) is 0.364. The third kappa shape index (κ3) is 2.81. The molecule has 1 rings (SSSR count). The molecule has 88 valence electrons. The number of aliphatic hydroxyl groups excluding tert-OH is 2. The summed E-state index contributed by atoms with van der Waals surface area (Å²) in [6, 6.07) is 5.26. The van der Waals surface area contributed by atoms with Gasteiger partial charge in [0, 0.05) is 4.47 Å². The molecule has 1 aromatic carbocycles. The number of aliphatic hydroxyl groups is 2. The van der Waals surface area contributed by atoms with Gasteiger partial charge < -0.3 is 14.9 Å². The Balaban J connectivity index is 2.99. The molecule has 0 saturated carbocycles. The Labute approximate surface area is 102 Å². The highest BCUT2D eigenvalue weighted by Gasteiger charge is 2.27. The van der Waals surface area contributed by atoms with E-state index < -0.39 is 18.2 Å². The van der Waals surface area contributed by atoms with E-state index in [1.165, 1.54) is 0 Å². The van der Waals surface area contributed by atoms with Gasteiger partial charge >= 0.3 is 5.97 Å². The van der Waals surface area contributed by atoms with Crippen molar-refractivity contribution in [3.63, 3.8) is 0 Å². The van der Waals surface area contributed by atoms with E-state index >= 15 is 0 Å². The number of aryl methyl sites for hydroxylation is 1. The lowest BCUT2D eigenvalue weighted by atomic mass is 10.00. The third-order valence-corrected chi connectivity index (χ3v) is 2.79. The summed E-state index contributed by atoms with van der Waals surface area (Å²) in [4.78, 5) is 11.1. The first-order chi connectivity index (χ1) is 7.47. The number of esters is 1. The van der Waals surface area contributed by atoms with Crippen LogP contribution in [0.3, 0.4) is 0 Å². The summed E-state index contributed by atoms with van der Waals surface area (Å²) >= 11 is 3.26. The van der Waals surface area contributed by atoms with Crippen LogP contribution in [-0.2, 0) is 9.53 Å². The van der Waals surface area contributed by atoms with Crippen molar-refractivity contribution >= 4 is 21.9 Å². The van der Waals surface area contributed by atoms with Gasteiger partial charge in [-0.05, 0) is 30.2 Å². The van der Waals surface area contributed by atoms with Crippen LogP contribution in [-0.4, -0.2) is 29.4 Å². The molecule has 0 aliphatic heterocycles. The van der Waals surface area contributed by atoms with Gasteiger partial charge in [0.2, 0.25) is 0 Å². The molecule has 5 heteroatoms. The number of hydrogen-bond donors (Lipinski definition) is 2. The Bertz CT molecular complexity index is 392. The third-order valence-electron chi connectivity index (χ3n) is 2.30. The highest BCUT2D eigenvalue weighted by Crippen LogP contribution is 2.24. The van der Waals surface area contributed by atoms with Crippen LogP contribution in [0.2, 0.25) is 0 Å². The van der Waals surface area contributed by atoms with E-state index in [0.29, 0.717) is 5.56 Å². The Hall–Kier alpha value is -0.910. The molecule has 1 aromatic rings. The van der Waals surface area contributed by atoms with E-state index in [1.807, 2.05) is 6.07 Å². The molecule has 0 saturated heterocycles. The molecule has 2 atom stereocenters. The number of carbonyl (C=O) groups is 1. The minimum Gasteiger partial charge on any atom is -0.467 e. The molecule has 0 aromatic heterocycles. The highest BCUT2D eigenvalue weighted by molar-refractivity contribution is 9.10. The standard InChI is InChI=1S/C11H13BrO4/c1-6-3-4-7(12)5-8(6)9(13)10(14)11(15)16-2/h3-5,9-10,13-14H,1-2H3. The number of hydrogen-bond acceptors (Lipinski definition) is 4. The first-order valence-corrected chi connectivity index (χ1v) is 5.46. The lowest BCUT2D eigenvalue weighted by Gasteiger charge is -2.18. The van der Waals surface area contributed by atoms with Crippen molar-refractivity contribution < 1.29 is 19.7 Å². The Morgan fingerprint density at radius 1 is 1.44 bits per heavy atom. The van der Waals surface area contributed by atoms with Crippen molar-refractivity contribution in [2.45, 2.75) is 19.1 Å². The van der Waals surface area contributed by atoms with E-state index in [4.69, 9.17) is 0 Å². The van der Waals surface area contributed by atoms with Crippen LogP contribution >= 0.6 is 15.9 Å². The van der Waals surface area contributed by atoms with Gasteiger partial charge in [-0.25, -0.2) is 4.79 Å². The molecule has 0 bridgehead atoms. The maximum atomic E-state index is 11.1. The molecule has 4 nitrogen and oxygen atoms in total. The summed E-state index contributed by atoms with van der Waals surface area (Å²) < 4.78 is 5.13. The SMILES string of the molecule is COC(=O)C(O)C(O)c1cc(Br)ccc1C. The molecular formula is C11H13BrO4. The quantitative estimate of drug-likeness (QED) is 0.824. The van der Waals surface area contributed by atoms with E-state index in [-0.39, 0.29) is 0 Å². The largest absolute Gasteiger partial charge is 0.467 e. The van der Waals surface area contributed by atoms with E-state index in [2.05, 4.69) is 20.7 Å². The fourth-order valence-corrected chi connectivity index (χ4v) is 1.73. The average Bonchev–Trinajstić information content (AvgIpc) is 2.29. The number of rotatable bonds is 3. The van der Waals surface area contributed by atoms with Crippen LogP contribution in [0.15, 0.2) is 22.7 Å². The van der Waals surface area contributed by atoms with Crippen molar-refractivity contribution in [3.8, 4) is 0 Å². The smallest absolute Gasteiger partial charge is 0.337 e. The lowest BCUT2D eigenvalue weighted by molar-refractivity contribution is -0.156. The number of benzene rings is 1. The predicted octanol–water partition coefficient (Wildman–Crippen LogP) is 1.32. The number of halogens is 1. The van der Waals surface area contributed by atoms with Gasteiger partial charge in [0.1, 0.15) is 6.10 Å². The van der Waals surface area contributed by atoms with Crippen LogP contribution in [0.25, 0.3) is 0 Å².